The molecule has 1 aliphatic rings. The Hall–Kier alpha value is -1.55. The van der Waals surface area contributed by atoms with Crippen molar-refractivity contribution in [3.8, 4) is 0 Å². The third-order valence-electron chi connectivity index (χ3n) is 3.53. The normalized spacial score (nSPS) is 14.5. The fourth-order valence-corrected chi connectivity index (χ4v) is 2.53. The van der Waals surface area contributed by atoms with Crippen molar-refractivity contribution in [3.63, 3.8) is 0 Å². The van der Waals surface area contributed by atoms with Crippen LogP contribution in [0.5, 0.6) is 0 Å². The van der Waals surface area contributed by atoms with E-state index in [1.165, 1.54) is 30.5 Å². The molecule has 1 aromatic carbocycles. The number of nitrogens with one attached hydrogen (secondary N) is 2. The highest BCUT2D eigenvalue weighted by molar-refractivity contribution is 6.31. The van der Waals surface area contributed by atoms with E-state index in [-0.39, 0.29) is 17.5 Å². The second-order valence-corrected chi connectivity index (χ2v) is 5.60. The molecule has 5 heteroatoms. The SMILES string of the molecule is O=C(CNc1ccc(F)c(Cl)c1)NCCC1=CCCCC1. The van der Waals surface area contributed by atoms with E-state index in [0.717, 1.165) is 19.3 Å². The molecule has 21 heavy (non-hydrogen) atoms. The van der Waals surface area contributed by atoms with Crippen molar-refractivity contribution in [2.45, 2.75) is 32.1 Å². The summed E-state index contributed by atoms with van der Waals surface area (Å²) in [4.78, 5) is 11.7. The summed E-state index contributed by atoms with van der Waals surface area (Å²) < 4.78 is 13.0. The summed E-state index contributed by atoms with van der Waals surface area (Å²) in [5, 5.41) is 5.85. The summed E-state index contributed by atoms with van der Waals surface area (Å²) in [6, 6.07) is 4.30. The maximum Gasteiger partial charge on any atom is 0.239 e. The summed E-state index contributed by atoms with van der Waals surface area (Å²) in [5.74, 6) is -0.542. The number of carbonyl (C=O) groups is 1. The minimum absolute atomic E-state index is 0.0460. The van der Waals surface area contributed by atoms with Crippen molar-refractivity contribution in [2.75, 3.05) is 18.4 Å². The number of allylic oxidation sites excluding steroid dienone is 1. The first-order valence-electron chi connectivity index (χ1n) is 7.28. The van der Waals surface area contributed by atoms with Crippen LogP contribution in [0.4, 0.5) is 10.1 Å². The average molecular weight is 311 g/mol. The molecular formula is C16H20ClFN2O. The van der Waals surface area contributed by atoms with E-state index < -0.39 is 5.82 Å². The molecular weight excluding hydrogens is 291 g/mol. The molecule has 1 amide bonds. The van der Waals surface area contributed by atoms with Crippen LogP contribution >= 0.6 is 11.6 Å². The van der Waals surface area contributed by atoms with Crippen LogP contribution in [0.2, 0.25) is 5.02 Å². The smallest absolute Gasteiger partial charge is 0.239 e. The average Bonchev–Trinajstić information content (AvgIpc) is 2.49. The zero-order valence-electron chi connectivity index (χ0n) is 11.9. The minimum Gasteiger partial charge on any atom is -0.376 e. The van der Waals surface area contributed by atoms with Crippen LogP contribution in [0.15, 0.2) is 29.8 Å². The zero-order valence-corrected chi connectivity index (χ0v) is 12.7. The van der Waals surface area contributed by atoms with E-state index in [4.69, 9.17) is 11.6 Å². The molecule has 114 valence electrons. The van der Waals surface area contributed by atoms with Crippen molar-refractivity contribution in [1.82, 2.24) is 5.32 Å². The van der Waals surface area contributed by atoms with Crippen molar-refractivity contribution < 1.29 is 9.18 Å². The van der Waals surface area contributed by atoms with Crippen LogP contribution in [0, 0.1) is 5.82 Å². The Bertz CT molecular complexity index is 531. The first-order valence-corrected chi connectivity index (χ1v) is 7.66. The summed E-state index contributed by atoms with van der Waals surface area (Å²) in [5.41, 5.74) is 2.08. The molecule has 0 bridgehead atoms. The van der Waals surface area contributed by atoms with Crippen LogP contribution in [-0.4, -0.2) is 19.0 Å². The minimum atomic E-state index is -0.465. The Kier molecular flexibility index (Phi) is 6.05. The lowest BCUT2D eigenvalue weighted by atomic mass is 9.97. The third-order valence-corrected chi connectivity index (χ3v) is 3.82. The van der Waals surface area contributed by atoms with Gasteiger partial charge >= 0.3 is 0 Å². The Morgan fingerprint density at radius 3 is 2.90 bits per heavy atom. The van der Waals surface area contributed by atoms with E-state index in [0.29, 0.717) is 12.2 Å². The van der Waals surface area contributed by atoms with Crippen LogP contribution in [0.1, 0.15) is 32.1 Å². The standard InChI is InChI=1S/C16H20ClFN2O/c17-14-10-13(6-7-15(14)18)20-11-16(21)19-9-8-12-4-2-1-3-5-12/h4,6-7,10,20H,1-3,5,8-9,11H2,(H,19,21). The number of anilines is 1. The molecule has 2 rings (SSSR count). The van der Waals surface area contributed by atoms with E-state index in [2.05, 4.69) is 16.7 Å². The highest BCUT2D eigenvalue weighted by Gasteiger charge is 2.06. The van der Waals surface area contributed by atoms with Gasteiger partial charge in [0, 0.05) is 12.2 Å². The fraction of sp³-hybridized carbons (Fsp3) is 0.438. The number of hydrogen-bond donors (Lipinski definition) is 2. The van der Waals surface area contributed by atoms with Crippen molar-refractivity contribution in [3.05, 3.63) is 40.7 Å². The van der Waals surface area contributed by atoms with Gasteiger partial charge in [0.05, 0.1) is 11.6 Å². The lowest BCUT2D eigenvalue weighted by Gasteiger charge is -2.13. The Morgan fingerprint density at radius 1 is 1.33 bits per heavy atom. The molecule has 0 atom stereocenters. The topological polar surface area (TPSA) is 41.1 Å². The van der Waals surface area contributed by atoms with Crippen LogP contribution in [-0.2, 0) is 4.79 Å². The van der Waals surface area contributed by atoms with Gasteiger partial charge in [-0.2, -0.15) is 0 Å². The summed E-state index contributed by atoms with van der Waals surface area (Å²) >= 11 is 5.68. The monoisotopic (exact) mass is 310 g/mol. The molecule has 2 N–H and O–H groups in total. The van der Waals surface area contributed by atoms with E-state index >= 15 is 0 Å². The van der Waals surface area contributed by atoms with Gasteiger partial charge in [-0.3, -0.25) is 4.79 Å². The summed E-state index contributed by atoms with van der Waals surface area (Å²) in [6.45, 7) is 0.817. The number of benzene rings is 1. The first-order chi connectivity index (χ1) is 10.1. The number of rotatable bonds is 6. The second-order valence-electron chi connectivity index (χ2n) is 5.19. The van der Waals surface area contributed by atoms with Crippen LogP contribution in [0.25, 0.3) is 0 Å². The van der Waals surface area contributed by atoms with Gasteiger partial charge in [0.15, 0.2) is 0 Å². The van der Waals surface area contributed by atoms with Gasteiger partial charge in [-0.15, -0.1) is 0 Å². The Morgan fingerprint density at radius 2 is 2.19 bits per heavy atom. The van der Waals surface area contributed by atoms with Gasteiger partial charge in [-0.25, -0.2) is 4.39 Å². The molecule has 0 heterocycles. The quantitative estimate of drug-likeness (QED) is 0.782. The molecule has 0 saturated heterocycles. The lowest BCUT2D eigenvalue weighted by Crippen LogP contribution is -2.30. The number of halogens is 2. The maximum absolute atomic E-state index is 13.0. The molecule has 0 aliphatic heterocycles. The van der Waals surface area contributed by atoms with Crippen molar-refractivity contribution >= 4 is 23.2 Å². The first kappa shape index (κ1) is 15.8. The molecule has 0 spiro atoms. The lowest BCUT2D eigenvalue weighted by molar-refractivity contribution is -0.119. The van der Waals surface area contributed by atoms with E-state index in [1.807, 2.05) is 0 Å². The summed E-state index contributed by atoms with van der Waals surface area (Å²) in [7, 11) is 0. The van der Waals surface area contributed by atoms with Gasteiger partial charge in [-0.05, 0) is 50.3 Å². The fourth-order valence-electron chi connectivity index (χ4n) is 2.35. The molecule has 0 fully saturated rings. The van der Waals surface area contributed by atoms with Crippen molar-refractivity contribution in [2.24, 2.45) is 0 Å². The molecule has 0 radical (unpaired) electrons. The van der Waals surface area contributed by atoms with Gasteiger partial charge in [0.1, 0.15) is 5.82 Å². The molecule has 1 aliphatic carbocycles. The van der Waals surface area contributed by atoms with E-state index in [9.17, 15) is 9.18 Å². The predicted molar refractivity (Wildman–Crippen MR) is 84.1 cm³/mol. The third kappa shape index (κ3) is 5.38. The highest BCUT2D eigenvalue weighted by Crippen LogP contribution is 2.20. The summed E-state index contributed by atoms with van der Waals surface area (Å²) in [6.07, 6.45) is 8.06. The van der Waals surface area contributed by atoms with E-state index in [1.54, 1.807) is 6.07 Å². The van der Waals surface area contributed by atoms with Gasteiger partial charge < -0.3 is 10.6 Å². The van der Waals surface area contributed by atoms with Crippen LogP contribution < -0.4 is 10.6 Å². The van der Waals surface area contributed by atoms with Crippen molar-refractivity contribution in [1.29, 1.82) is 0 Å². The van der Waals surface area contributed by atoms with Gasteiger partial charge in [-0.1, -0.05) is 23.3 Å². The second kappa shape index (κ2) is 8.03. The Balaban J connectivity index is 1.67. The molecule has 0 saturated carbocycles. The highest BCUT2D eigenvalue weighted by atomic mass is 35.5. The molecule has 3 nitrogen and oxygen atoms in total. The predicted octanol–water partition coefficient (Wildman–Crippen LogP) is 3.90. The maximum atomic E-state index is 13.0. The number of amides is 1. The number of carbonyl (C=O) groups excluding carboxylic acids is 1. The molecule has 0 unspecified atom stereocenters. The largest absolute Gasteiger partial charge is 0.376 e. The van der Waals surface area contributed by atoms with Crippen LogP contribution in [0.3, 0.4) is 0 Å². The molecule has 0 aromatic heterocycles. The number of hydrogen-bond acceptors (Lipinski definition) is 2. The zero-order chi connectivity index (χ0) is 15.1. The molecule has 1 aromatic rings. The van der Waals surface area contributed by atoms with Gasteiger partial charge in [0.2, 0.25) is 5.91 Å². The van der Waals surface area contributed by atoms with Gasteiger partial charge in [0.25, 0.3) is 0 Å². The Labute approximate surface area is 129 Å².